The van der Waals surface area contributed by atoms with E-state index in [0.717, 1.165) is 56.0 Å². The largest absolute Gasteiger partial charge is 0.497 e. The number of likely N-dealkylation sites (tertiary alicyclic amines) is 1. The third kappa shape index (κ3) is 5.25. The van der Waals surface area contributed by atoms with Crippen LogP contribution in [0.15, 0.2) is 42.5 Å². The van der Waals surface area contributed by atoms with Gasteiger partial charge in [0.05, 0.1) is 29.2 Å². The Morgan fingerprint density at radius 3 is 2.59 bits per heavy atom. The third-order valence-electron chi connectivity index (χ3n) is 9.18. The molecule has 3 atom stereocenters. The summed E-state index contributed by atoms with van der Waals surface area (Å²) in [6.07, 6.45) is 6.72. The molecule has 0 spiro atoms. The van der Waals surface area contributed by atoms with Gasteiger partial charge in [-0.15, -0.1) is 0 Å². The summed E-state index contributed by atoms with van der Waals surface area (Å²) < 4.78 is 12.2. The van der Waals surface area contributed by atoms with Gasteiger partial charge in [0, 0.05) is 38.7 Å². The number of benzene rings is 2. The Bertz CT molecular complexity index is 1140. The first kappa shape index (κ1) is 26.8. The minimum absolute atomic E-state index is 0.0975. The predicted octanol–water partition coefficient (Wildman–Crippen LogP) is 5.99. The van der Waals surface area contributed by atoms with Crippen molar-refractivity contribution in [1.82, 2.24) is 9.80 Å². The SMILES string of the molecule is COc1cccc([C@@]23CCN(CC4CC4)C[C@@]2(OC)CC[C@@H](N(C)C(=O)Cc2ccc(Cl)c(Cl)c2)C3)c1. The van der Waals surface area contributed by atoms with Crippen molar-refractivity contribution in [1.29, 1.82) is 0 Å². The van der Waals surface area contributed by atoms with Crippen LogP contribution in [0.3, 0.4) is 0 Å². The van der Waals surface area contributed by atoms with Crippen molar-refractivity contribution in [2.24, 2.45) is 5.92 Å². The second-order valence-electron chi connectivity index (χ2n) is 11.3. The van der Waals surface area contributed by atoms with Gasteiger partial charge in [0.25, 0.3) is 0 Å². The fourth-order valence-electron chi connectivity index (χ4n) is 6.79. The lowest BCUT2D eigenvalue weighted by Crippen LogP contribution is -2.68. The van der Waals surface area contributed by atoms with Crippen LogP contribution in [-0.4, -0.2) is 68.3 Å². The summed E-state index contributed by atoms with van der Waals surface area (Å²) in [5.74, 6) is 1.81. The van der Waals surface area contributed by atoms with Crippen LogP contribution in [0.5, 0.6) is 5.75 Å². The zero-order valence-corrected chi connectivity index (χ0v) is 23.7. The van der Waals surface area contributed by atoms with Crippen molar-refractivity contribution in [2.45, 2.75) is 62.0 Å². The minimum Gasteiger partial charge on any atom is -0.497 e. The molecule has 2 saturated carbocycles. The molecule has 2 aliphatic carbocycles. The number of halogens is 2. The number of nitrogens with zero attached hydrogens (tertiary/aromatic N) is 2. The average Bonchev–Trinajstić information content (AvgIpc) is 3.74. The number of rotatable bonds is 8. The van der Waals surface area contributed by atoms with Crippen molar-refractivity contribution in [3.63, 3.8) is 0 Å². The lowest BCUT2D eigenvalue weighted by atomic mass is 9.55. The second kappa shape index (κ2) is 10.8. The summed E-state index contributed by atoms with van der Waals surface area (Å²) in [5.41, 5.74) is 1.65. The Balaban J connectivity index is 1.42. The van der Waals surface area contributed by atoms with E-state index < -0.39 is 0 Å². The first-order valence-corrected chi connectivity index (χ1v) is 14.2. The molecule has 1 heterocycles. The molecule has 0 radical (unpaired) electrons. The number of ether oxygens (including phenoxy) is 2. The molecule has 37 heavy (non-hydrogen) atoms. The summed E-state index contributed by atoms with van der Waals surface area (Å²) in [6.45, 7) is 3.15. The molecule has 3 fully saturated rings. The van der Waals surface area contributed by atoms with Crippen LogP contribution in [0, 0.1) is 5.92 Å². The van der Waals surface area contributed by atoms with Gasteiger partial charge in [-0.1, -0.05) is 41.4 Å². The molecule has 5 nitrogen and oxygen atoms in total. The molecule has 1 saturated heterocycles. The number of carbonyl (C=O) groups excluding carboxylic acids is 1. The van der Waals surface area contributed by atoms with Gasteiger partial charge in [-0.2, -0.15) is 0 Å². The number of amides is 1. The number of hydrogen-bond acceptors (Lipinski definition) is 4. The molecule has 0 N–H and O–H groups in total. The Morgan fingerprint density at radius 2 is 1.89 bits per heavy atom. The smallest absolute Gasteiger partial charge is 0.226 e. The fraction of sp³-hybridized carbons (Fsp3) is 0.567. The predicted molar refractivity (Wildman–Crippen MR) is 149 cm³/mol. The van der Waals surface area contributed by atoms with Gasteiger partial charge >= 0.3 is 0 Å². The molecular formula is C30H38Cl2N2O3. The molecule has 1 aliphatic heterocycles. The van der Waals surface area contributed by atoms with Gasteiger partial charge < -0.3 is 19.3 Å². The van der Waals surface area contributed by atoms with E-state index in [1.54, 1.807) is 19.2 Å². The second-order valence-corrected chi connectivity index (χ2v) is 12.1. The van der Waals surface area contributed by atoms with E-state index in [4.69, 9.17) is 32.7 Å². The van der Waals surface area contributed by atoms with E-state index in [-0.39, 0.29) is 23.0 Å². The summed E-state index contributed by atoms with van der Waals surface area (Å²) in [5, 5.41) is 0.981. The van der Waals surface area contributed by atoms with Crippen LogP contribution in [0.2, 0.25) is 10.0 Å². The molecule has 7 heteroatoms. The van der Waals surface area contributed by atoms with E-state index >= 15 is 0 Å². The number of fused-ring (bicyclic) bond motifs is 1. The van der Waals surface area contributed by atoms with Gasteiger partial charge in [-0.3, -0.25) is 4.79 Å². The highest BCUT2D eigenvalue weighted by atomic mass is 35.5. The maximum atomic E-state index is 13.4. The molecule has 5 rings (SSSR count). The quantitative estimate of drug-likeness (QED) is 0.409. The zero-order chi connectivity index (χ0) is 26.2. The molecule has 2 aromatic carbocycles. The van der Waals surface area contributed by atoms with Crippen molar-refractivity contribution in [2.75, 3.05) is 40.9 Å². The Hall–Kier alpha value is -1.79. The molecule has 0 bridgehead atoms. The molecule has 1 amide bonds. The van der Waals surface area contributed by atoms with E-state index in [2.05, 4.69) is 23.1 Å². The molecule has 2 aromatic rings. The average molecular weight is 546 g/mol. The highest BCUT2D eigenvalue weighted by Gasteiger charge is 2.59. The lowest BCUT2D eigenvalue weighted by molar-refractivity contribution is -0.160. The number of hydrogen-bond donors (Lipinski definition) is 0. The third-order valence-corrected chi connectivity index (χ3v) is 9.92. The van der Waals surface area contributed by atoms with Crippen molar-refractivity contribution >= 4 is 29.1 Å². The van der Waals surface area contributed by atoms with Gasteiger partial charge in [0.15, 0.2) is 0 Å². The normalized spacial score (nSPS) is 28.0. The number of carbonyl (C=O) groups is 1. The minimum atomic E-state index is -0.295. The first-order chi connectivity index (χ1) is 17.8. The summed E-state index contributed by atoms with van der Waals surface area (Å²) >= 11 is 12.3. The number of piperidine rings is 1. The molecule has 3 aliphatic rings. The van der Waals surface area contributed by atoms with Crippen LogP contribution >= 0.6 is 23.2 Å². The van der Waals surface area contributed by atoms with E-state index in [1.165, 1.54) is 24.9 Å². The molecule has 0 unspecified atom stereocenters. The van der Waals surface area contributed by atoms with E-state index in [1.807, 2.05) is 31.2 Å². The van der Waals surface area contributed by atoms with Crippen LogP contribution in [0.4, 0.5) is 0 Å². The van der Waals surface area contributed by atoms with Gasteiger partial charge in [0.2, 0.25) is 5.91 Å². The monoisotopic (exact) mass is 544 g/mol. The lowest BCUT2D eigenvalue weighted by Gasteiger charge is -2.60. The van der Waals surface area contributed by atoms with Crippen LogP contribution in [0.1, 0.15) is 49.7 Å². The Labute approximate surface area is 231 Å². The Kier molecular flexibility index (Phi) is 7.80. The van der Waals surface area contributed by atoms with E-state index in [0.29, 0.717) is 16.5 Å². The first-order valence-electron chi connectivity index (χ1n) is 13.4. The van der Waals surface area contributed by atoms with E-state index in [9.17, 15) is 4.79 Å². The van der Waals surface area contributed by atoms with Gasteiger partial charge in [0.1, 0.15) is 5.75 Å². The van der Waals surface area contributed by atoms with Crippen LogP contribution in [-0.2, 0) is 21.4 Å². The maximum Gasteiger partial charge on any atom is 0.226 e. The van der Waals surface area contributed by atoms with Crippen LogP contribution in [0.25, 0.3) is 0 Å². The van der Waals surface area contributed by atoms with Crippen molar-refractivity contribution < 1.29 is 14.3 Å². The summed E-state index contributed by atoms with van der Waals surface area (Å²) in [7, 11) is 5.55. The van der Waals surface area contributed by atoms with Gasteiger partial charge in [-0.05, 0) is 86.4 Å². The van der Waals surface area contributed by atoms with Crippen molar-refractivity contribution in [3.05, 3.63) is 63.6 Å². The Morgan fingerprint density at radius 1 is 1.08 bits per heavy atom. The highest BCUT2D eigenvalue weighted by Crippen LogP contribution is 2.54. The molecule has 0 aromatic heterocycles. The summed E-state index contributed by atoms with van der Waals surface area (Å²) in [4.78, 5) is 18.0. The molecular weight excluding hydrogens is 507 g/mol. The number of likely N-dealkylation sites (N-methyl/N-ethyl adjacent to an activating group) is 1. The van der Waals surface area contributed by atoms with Crippen molar-refractivity contribution in [3.8, 4) is 5.75 Å². The topological polar surface area (TPSA) is 42.0 Å². The standard InChI is InChI=1S/C30H38Cl2N2O3/c1-33(28(35)16-22-9-10-26(31)27(32)15-22)24-11-12-30(37-3)20-34(19-21-7-8-21)14-13-29(30,18-24)23-5-4-6-25(17-23)36-2/h4-6,9-10,15,17,21,24H,7-8,11-14,16,18-20H2,1-3H3/t24-,29+,30+/m1/s1. The fourth-order valence-corrected chi connectivity index (χ4v) is 7.11. The summed E-state index contributed by atoms with van der Waals surface area (Å²) in [6, 6.07) is 14.1. The van der Waals surface area contributed by atoms with Crippen LogP contribution < -0.4 is 4.74 Å². The van der Waals surface area contributed by atoms with Gasteiger partial charge in [-0.25, -0.2) is 0 Å². The maximum absolute atomic E-state index is 13.4. The molecule has 200 valence electrons. The zero-order valence-electron chi connectivity index (χ0n) is 22.1. The highest BCUT2D eigenvalue weighted by molar-refractivity contribution is 6.42. The number of methoxy groups -OCH3 is 2.